The third kappa shape index (κ3) is 2.13. The second-order valence-electron chi connectivity index (χ2n) is 4.55. The van der Waals surface area contributed by atoms with Crippen LogP contribution in [0.1, 0.15) is 36.8 Å². The van der Waals surface area contributed by atoms with Gasteiger partial charge in [0.2, 0.25) is 6.08 Å². The number of halogens is 2. The highest BCUT2D eigenvalue weighted by atomic mass is 35.5. The Morgan fingerprint density at radius 3 is 2.65 bits per heavy atom. The van der Waals surface area contributed by atoms with Gasteiger partial charge in [0.25, 0.3) is 0 Å². The molecule has 1 saturated carbocycles. The number of rotatable bonds is 2. The van der Waals surface area contributed by atoms with Gasteiger partial charge >= 0.3 is 0 Å². The van der Waals surface area contributed by atoms with Gasteiger partial charge in [0.05, 0.1) is 5.02 Å². The van der Waals surface area contributed by atoms with Gasteiger partial charge in [-0.05, 0) is 31.4 Å². The monoisotopic (exact) mass is 253 g/mol. The molecule has 0 heterocycles. The van der Waals surface area contributed by atoms with Gasteiger partial charge in [-0.25, -0.2) is 9.18 Å². The summed E-state index contributed by atoms with van der Waals surface area (Å²) in [7, 11) is 0. The van der Waals surface area contributed by atoms with Crippen LogP contribution in [0.4, 0.5) is 4.39 Å². The smallest absolute Gasteiger partial charge is 0.211 e. The summed E-state index contributed by atoms with van der Waals surface area (Å²) in [5, 5.41) is 0.0902. The molecule has 0 saturated heterocycles. The van der Waals surface area contributed by atoms with Crippen LogP contribution < -0.4 is 0 Å². The van der Waals surface area contributed by atoms with E-state index in [1.165, 1.54) is 0 Å². The minimum atomic E-state index is -0.749. The van der Waals surface area contributed by atoms with E-state index in [2.05, 4.69) is 4.99 Å². The van der Waals surface area contributed by atoms with Gasteiger partial charge in [-0.15, -0.1) is 0 Å². The lowest BCUT2D eigenvalue weighted by atomic mass is 9.87. The van der Waals surface area contributed by atoms with Crippen LogP contribution in [0.5, 0.6) is 0 Å². The SMILES string of the molecule is Cc1cc(Cl)c(F)c(C2(N=C=O)CCCC2)c1. The number of carbonyl (C=O) groups excluding carboxylic acids is 1. The lowest BCUT2D eigenvalue weighted by molar-refractivity contribution is 0.430. The van der Waals surface area contributed by atoms with Crippen molar-refractivity contribution in [2.75, 3.05) is 0 Å². The van der Waals surface area contributed by atoms with Crippen LogP contribution in [0.2, 0.25) is 5.02 Å². The Hall–Kier alpha value is -1.18. The molecule has 0 radical (unpaired) electrons. The number of aryl methyl sites for hydroxylation is 1. The molecule has 0 amide bonds. The van der Waals surface area contributed by atoms with Crippen LogP contribution in [0.3, 0.4) is 0 Å². The van der Waals surface area contributed by atoms with Gasteiger partial charge in [-0.1, -0.05) is 30.5 Å². The van der Waals surface area contributed by atoms with E-state index < -0.39 is 11.4 Å². The van der Waals surface area contributed by atoms with Crippen molar-refractivity contribution in [3.8, 4) is 0 Å². The number of hydrogen-bond acceptors (Lipinski definition) is 2. The van der Waals surface area contributed by atoms with Crippen molar-refractivity contribution < 1.29 is 9.18 Å². The highest BCUT2D eigenvalue weighted by Crippen LogP contribution is 2.44. The Labute approximate surface area is 105 Å². The zero-order chi connectivity index (χ0) is 12.5. The zero-order valence-electron chi connectivity index (χ0n) is 9.59. The van der Waals surface area contributed by atoms with E-state index in [9.17, 15) is 9.18 Å². The summed E-state index contributed by atoms with van der Waals surface area (Å²) in [6.07, 6.45) is 4.82. The number of benzene rings is 1. The summed E-state index contributed by atoms with van der Waals surface area (Å²) < 4.78 is 14.1. The fourth-order valence-corrected chi connectivity index (χ4v) is 2.83. The predicted molar refractivity (Wildman–Crippen MR) is 64.4 cm³/mol. The third-order valence-electron chi connectivity index (χ3n) is 3.36. The first kappa shape index (κ1) is 12.3. The van der Waals surface area contributed by atoms with Gasteiger partial charge in [-0.3, -0.25) is 0 Å². The maximum atomic E-state index is 14.1. The van der Waals surface area contributed by atoms with Crippen LogP contribution in [0, 0.1) is 12.7 Å². The van der Waals surface area contributed by atoms with Crippen molar-refractivity contribution in [1.82, 2.24) is 0 Å². The fraction of sp³-hybridized carbons (Fsp3) is 0.462. The van der Waals surface area contributed by atoms with Crippen molar-refractivity contribution in [2.24, 2.45) is 4.99 Å². The minimum Gasteiger partial charge on any atom is -0.211 e. The Kier molecular flexibility index (Phi) is 3.32. The average Bonchev–Trinajstić information content (AvgIpc) is 2.73. The van der Waals surface area contributed by atoms with E-state index in [1.54, 1.807) is 18.2 Å². The molecule has 0 spiro atoms. The normalized spacial score (nSPS) is 17.8. The first-order chi connectivity index (χ1) is 8.09. The molecule has 17 heavy (non-hydrogen) atoms. The lowest BCUT2D eigenvalue weighted by Crippen LogP contribution is -2.21. The Bertz CT molecular complexity index is 488. The van der Waals surface area contributed by atoms with Crippen molar-refractivity contribution in [3.63, 3.8) is 0 Å². The summed E-state index contributed by atoms with van der Waals surface area (Å²) in [5.41, 5.74) is 0.559. The number of hydrogen-bond donors (Lipinski definition) is 0. The molecule has 2 nitrogen and oxygen atoms in total. The molecular weight excluding hydrogens is 241 g/mol. The standard InChI is InChI=1S/C13H13ClFNO/c1-9-6-10(12(15)11(14)7-9)13(16-8-17)4-2-3-5-13/h6-7H,2-5H2,1H3. The summed E-state index contributed by atoms with van der Waals surface area (Å²) >= 11 is 5.84. The molecule has 1 aliphatic carbocycles. The Balaban J connectivity index is 2.61. The topological polar surface area (TPSA) is 29.4 Å². The molecule has 4 heteroatoms. The van der Waals surface area contributed by atoms with Gasteiger partial charge in [0.15, 0.2) is 0 Å². The van der Waals surface area contributed by atoms with Crippen LogP contribution in [-0.2, 0) is 10.3 Å². The van der Waals surface area contributed by atoms with Gasteiger partial charge in [0.1, 0.15) is 11.4 Å². The van der Waals surface area contributed by atoms with Crippen LogP contribution in [0.15, 0.2) is 17.1 Å². The Morgan fingerprint density at radius 1 is 1.41 bits per heavy atom. The lowest BCUT2D eigenvalue weighted by Gasteiger charge is -2.24. The molecule has 90 valence electrons. The number of nitrogens with zero attached hydrogens (tertiary/aromatic N) is 1. The number of isocyanates is 1. The molecule has 0 N–H and O–H groups in total. The summed E-state index contributed by atoms with van der Waals surface area (Å²) in [4.78, 5) is 14.4. The molecule has 0 aromatic heterocycles. The van der Waals surface area contributed by atoms with Gasteiger partial charge in [-0.2, -0.15) is 4.99 Å². The van der Waals surface area contributed by atoms with Gasteiger partial charge < -0.3 is 0 Å². The van der Waals surface area contributed by atoms with Crippen molar-refractivity contribution in [3.05, 3.63) is 34.1 Å². The molecule has 2 rings (SSSR count). The maximum absolute atomic E-state index is 14.1. The highest BCUT2D eigenvalue weighted by Gasteiger charge is 2.38. The van der Waals surface area contributed by atoms with Crippen LogP contribution in [0.25, 0.3) is 0 Å². The second kappa shape index (κ2) is 4.59. The summed E-state index contributed by atoms with van der Waals surface area (Å²) in [5.74, 6) is -0.460. The molecule has 1 aromatic rings. The van der Waals surface area contributed by atoms with Crippen LogP contribution >= 0.6 is 11.6 Å². The Morgan fingerprint density at radius 2 is 2.06 bits per heavy atom. The minimum absolute atomic E-state index is 0.0902. The molecule has 1 fully saturated rings. The van der Waals surface area contributed by atoms with Crippen molar-refractivity contribution >= 4 is 17.7 Å². The quantitative estimate of drug-likeness (QED) is 0.581. The molecule has 1 aromatic carbocycles. The number of aliphatic imine (C=N–C) groups is 1. The van der Waals surface area contributed by atoms with Crippen molar-refractivity contribution in [2.45, 2.75) is 38.1 Å². The van der Waals surface area contributed by atoms with E-state index in [-0.39, 0.29) is 5.02 Å². The van der Waals surface area contributed by atoms with E-state index in [4.69, 9.17) is 11.6 Å². The first-order valence-corrected chi connectivity index (χ1v) is 6.02. The molecular formula is C13H13ClFNO. The van der Waals surface area contributed by atoms with E-state index in [1.807, 2.05) is 6.92 Å². The van der Waals surface area contributed by atoms with E-state index in [0.29, 0.717) is 18.4 Å². The molecule has 0 aliphatic heterocycles. The molecule has 0 unspecified atom stereocenters. The first-order valence-electron chi connectivity index (χ1n) is 5.64. The van der Waals surface area contributed by atoms with E-state index in [0.717, 1.165) is 18.4 Å². The average molecular weight is 254 g/mol. The van der Waals surface area contributed by atoms with Gasteiger partial charge in [0, 0.05) is 5.56 Å². The third-order valence-corrected chi connectivity index (χ3v) is 3.64. The van der Waals surface area contributed by atoms with Crippen molar-refractivity contribution in [1.29, 1.82) is 0 Å². The largest absolute Gasteiger partial charge is 0.235 e. The maximum Gasteiger partial charge on any atom is 0.235 e. The molecule has 1 aliphatic rings. The zero-order valence-corrected chi connectivity index (χ0v) is 10.4. The summed E-state index contributed by atoms with van der Waals surface area (Å²) in [6.45, 7) is 1.85. The highest BCUT2D eigenvalue weighted by molar-refractivity contribution is 6.30. The fourth-order valence-electron chi connectivity index (χ4n) is 2.55. The second-order valence-corrected chi connectivity index (χ2v) is 4.96. The predicted octanol–water partition coefficient (Wildman–Crippen LogP) is 3.89. The molecule has 0 bridgehead atoms. The van der Waals surface area contributed by atoms with E-state index >= 15 is 0 Å². The summed E-state index contributed by atoms with van der Waals surface area (Å²) in [6, 6.07) is 3.31. The molecule has 0 atom stereocenters. The van der Waals surface area contributed by atoms with Crippen LogP contribution in [-0.4, -0.2) is 6.08 Å².